The lowest BCUT2D eigenvalue weighted by Crippen LogP contribution is -2.17. The molecule has 0 unspecified atom stereocenters. The highest BCUT2D eigenvalue weighted by molar-refractivity contribution is 7.99. The predicted molar refractivity (Wildman–Crippen MR) is 58.5 cm³/mol. The molecule has 0 radical (unpaired) electrons. The van der Waals surface area contributed by atoms with Crippen LogP contribution in [0.15, 0.2) is 5.16 Å². The Morgan fingerprint density at radius 2 is 2.47 bits per heavy atom. The van der Waals surface area contributed by atoms with Crippen LogP contribution in [0.4, 0.5) is 0 Å². The molecule has 0 spiro atoms. The molecule has 6 heteroatoms. The second kappa shape index (κ2) is 5.14. The van der Waals surface area contributed by atoms with Crippen LogP contribution in [0.1, 0.15) is 18.9 Å². The number of hydrogen-bond donors (Lipinski definition) is 1. The number of aromatic nitrogens is 4. The Balaban J connectivity index is 1.73. The van der Waals surface area contributed by atoms with Gasteiger partial charge in [-0.1, -0.05) is 17.7 Å². The Bertz CT molecular complexity index is 352. The fourth-order valence-electron chi connectivity index (χ4n) is 1.20. The zero-order valence-corrected chi connectivity index (χ0v) is 9.20. The van der Waals surface area contributed by atoms with Gasteiger partial charge in [-0.25, -0.2) is 4.68 Å². The first kappa shape index (κ1) is 10.5. The molecule has 0 aromatic carbocycles. The van der Waals surface area contributed by atoms with E-state index in [9.17, 15) is 0 Å². The number of rotatable bonds is 6. The van der Waals surface area contributed by atoms with Gasteiger partial charge in [0.2, 0.25) is 5.16 Å². The monoisotopic (exact) mass is 223 g/mol. The summed E-state index contributed by atoms with van der Waals surface area (Å²) in [4.78, 5) is 0. The van der Waals surface area contributed by atoms with Gasteiger partial charge in [-0.05, 0) is 23.3 Å². The first-order chi connectivity index (χ1) is 7.42. The van der Waals surface area contributed by atoms with E-state index in [0.717, 1.165) is 17.5 Å². The van der Waals surface area contributed by atoms with Crippen molar-refractivity contribution in [1.82, 2.24) is 25.5 Å². The van der Waals surface area contributed by atoms with E-state index in [-0.39, 0.29) is 0 Å². The molecule has 0 amide bonds. The van der Waals surface area contributed by atoms with Crippen molar-refractivity contribution >= 4 is 11.8 Å². The average Bonchev–Trinajstić information content (AvgIpc) is 2.99. The Hall–Kier alpha value is -1.06. The first-order valence-electron chi connectivity index (χ1n) is 4.96. The van der Waals surface area contributed by atoms with Gasteiger partial charge in [0.15, 0.2) is 0 Å². The van der Waals surface area contributed by atoms with Crippen LogP contribution >= 0.6 is 11.8 Å². The molecule has 15 heavy (non-hydrogen) atoms. The molecular weight excluding hydrogens is 210 g/mol. The van der Waals surface area contributed by atoms with Crippen LogP contribution in [0.2, 0.25) is 0 Å². The molecule has 2 rings (SSSR count). The summed E-state index contributed by atoms with van der Waals surface area (Å²) in [6, 6.07) is 0.543. The van der Waals surface area contributed by atoms with Crippen molar-refractivity contribution in [3.05, 3.63) is 0 Å². The Kier molecular flexibility index (Phi) is 3.59. The normalized spacial score (nSPS) is 15.1. The second-order valence-corrected chi connectivity index (χ2v) is 4.43. The molecule has 1 aliphatic carbocycles. The van der Waals surface area contributed by atoms with Gasteiger partial charge in [-0.2, -0.15) is 0 Å². The summed E-state index contributed by atoms with van der Waals surface area (Å²) in [6.45, 7) is 1.50. The molecule has 1 aromatic heterocycles. The molecule has 0 atom stereocenters. The van der Waals surface area contributed by atoms with E-state index >= 15 is 0 Å². The smallest absolute Gasteiger partial charge is 0.209 e. The zero-order chi connectivity index (χ0) is 10.5. The van der Waals surface area contributed by atoms with Crippen LogP contribution in [0, 0.1) is 12.3 Å². The molecule has 0 saturated heterocycles. The molecular formula is C9H13N5S. The minimum Gasteiger partial charge on any atom is -0.305 e. The first-order valence-corrected chi connectivity index (χ1v) is 5.95. The molecule has 0 aliphatic heterocycles. The minimum absolute atomic E-state index is 0.543. The highest BCUT2D eigenvalue weighted by Crippen LogP contribution is 2.36. The fraction of sp³-hybridized carbons (Fsp3) is 0.667. The highest BCUT2D eigenvalue weighted by Gasteiger charge is 2.27. The third-order valence-electron chi connectivity index (χ3n) is 2.09. The van der Waals surface area contributed by atoms with E-state index < -0.39 is 0 Å². The standard InChI is InChI=1S/C9H13N5S/c1-2-5-10-6-7-15-9-11-12-13-14(9)8-3-4-8/h1,8,10H,3-7H2. The number of hydrogen-bond acceptors (Lipinski definition) is 5. The third kappa shape index (κ3) is 2.94. The minimum atomic E-state index is 0.543. The molecule has 1 saturated carbocycles. The summed E-state index contributed by atoms with van der Waals surface area (Å²) < 4.78 is 1.92. The maximum atomic E-state index is 5.12. The number of thioether (sulfide) groups is 1. The van der Waals surface area contributed by atoms with E-state index in [2.05, 4.69) is 26.8 Å². The van der Waals surface area contributed by atoms with Crippen molar-refractivity contribution in [2.24, 2.45) is 0 Å². The summed E-state index contributed by atoms with van der Waals surface area (Å²) in [5.74, 6) is 3.47. The largest absolute Gasteiger partial charge is 0.305 e. The van der Waals surface area contributed by atoms with E-state index in [1.165, 1.54) is 12.8 Å². The van der Waals surface area contributed by atoms with Crippen molar-refractivity contribution < 1.29 is 0 Å². The molecule has 1 heterocycles. The van der Waals surface area contributed by atoms with Crippen molar-refractivity contribution in [2.45, 2.75) is 24.0 Å². The Morgan fingerprint density at radius 3 is 3.20 bits per heavy atom. The van der Waals surface area contributed by atoms with Crippen molar-refractivity contribution in [3.8, 4) is 12.3 Å². The highest BCUT2D eigenvalue weighted by atomic mass is 32.2. The van der Waals surface area contributed by atoms with Crippen LogP contribution in [-0.4, -0.2) is 39.0 Å². The van der Waals surface area contributed by atoms with Gasteiger partial charge < -0.3 is 5.32 Å². The number of terminal acetylenes is 1. The molecule has 5 nitrogen and oxygen atoms in total. The average molecular weight is 223 g/mol. The summed E-state index contributed by atoms with van der Waals surface area (Å²) in [6.07, 6.45) is 7.53. The molecule has 0 bridgehead atoms. The summed E-state index contributed by atoms with van der Waals surface area (Å²) >= 11 is 1.67. The number of nitrogens with zero attached hydrogens (tertiary/aromatic N) is 4. The second-order valence-electron chi connectivity index (χ2n) is 3.37. The van der Waals surface area contributed by atoms with E-state index in [1.807, 2.05) is 4.68 Å². The van der Waals surface area contributed by atoms with Crippen molar-refractivity contribution in [1.29, 1.82) is 0 Å². The van der Waals surface area contributed by atoms with Crippen molar-refractivity contribution in [3.63, 3.8) is 0 Å². The molecule has 1 N–H and O–H groups in total. The van der Waals surface area contributed by atoms with Gasteiger partial charge in [-0.3, -0.25) is 0 Å². The van der Waals surface area contributed by atoms with Gasteiger partial charge in [0.1, 0.15) is 0 Å². The van der Waals surface area contributed by atoms with Crippen molar-refractivity contribution in [2.75, 3.05) is 18.8 Å². The lowest BCUT2D eigenvalue weighted by molar-refractivity contribution is 0.565. The van der Waals surface area contributed by atoms with Gasteiger partial charge in [-0.15, -0.1) is 11.5 Å². The topological polar surface area (TPSA) is 55.6 Å². The maximum Gasteiger partial charge on any atom is 0.209 e. The molecule has 80 valence electrons. The van der Waals surface area contributed by atoms with E-state index in [1.54, 1.807) is 11.8 Å². The van der Waals surface area contributed by atoms with Crippen LogP contribution in [-0.2, 0) is 0 Å². The summed E-state index contributed by atoms with van der Waals surface area (Å²) in [5.41, 5.74) is 0. The van der Waals surface area contributed by atoms with Crippen LogP contribution in [0.25, 0.3) is 0 Å². The Morgan fingerprint density at radius 1 is 1.60 bits per heavy atom. The van der Waals surface area contributed by atoms with E-state index in [4.69, 9.17) is 6.42 Å². The lowest BCUT2D eigenvalue weighted by Gasteiger charge is -2.01. The molecule has 1 aliphatic rings. The lowest BCUT2D eigenvalue weighted by atomic mass is 10.6. The third-order valence-corrected chi connectivity index (χ3v) is 3.03. The molecule has 1 aromatic rings. The predicted octanol–water partition coefficient (Wildman–Crippen LogP) is 0.323. The van der Waals surface area contributed by atoms with Crippen LogP contribution in [0.5, 0.6) is 0 Å². The number of nitrogens with one attached hydrogen (secondary N) is 1. The fourth-order valence-corrected chi connectivity index (χ4v) is 2.04. The van der Waals surface area contributed by atoms with Crippen LogP contribution < -0.4 is 5.32 Å². The Labute approximate surface area is 93.0 Å². The van der Waals surface area contributed by atoms with E-state index in [0.29, 0.717) is 12.6 Å². The van der Waals surface area contributed by atoms with Gasteiger partial charge >= 0.3 is 0 Å². The maximum absolute atomic E-state index is 5.12. The molecule has 1 fully saturated rings. The van der Waals surface area contributed by atoms with Gasteiger partial charge in [0.25, 0.3) is 0 Å². The summed E-state index contributed by atoms with van der Waals surface area (Å²) in [5, 5.41) is 15.7. The van der Waals surface area contributed by atoms with Gasteiger partial charge in [0.05, 0.1) is 12.6 Å². The number of tetrazole rings is 1. The van der Waals surface area contributed by atoms with Crippen LogP contribution in [0.3, 0.4) is 0 Å². The SMILES string of the molecule is C#CCNCCSc1nnnn1C1CC1. The quantitative estimate of drug-likeness (QED) is 0.428. The summed E-state index contributed by atoms with van der Waals surface area (Å²) in [7, 11) is 0. The van der Waals surface area contributed by atoms with Gasteiger partial charge in [0, 0.05) is 12.3 Å². The zero-order valence-electron chi connectivity index (χ0n) is 8.39.